The second kappa shape index (κ2) is 3.99. The van der Waals surface area contributed by atoms with E-state index in [1.807, 2.05) is 0 Å². The van der Waals surface area contributed by atoms with Gasteiger partial charge in [0.05, 0.1) is 12.0 Å². The summed E-state index contributed by atoms with van der Waals surface area (Å²) >= 11 is 0. The number of benzene rings is 1. The maximum absolute atomic E-state index is 11.5. The highest BCUT2D eigenvalue weighted by Crippen LogP contribution is 2.50. The Morgan fingerprint density at radius 1 is 1.41 bits per heavy atom. The fourth-order valence-electron chi connectivity index (χ4n) is 2.07. The molecule has 2 rings (SSSR count). The first-order valence-electron chi connectivity index (χ1n) is 5.52. The van der Waals surface area contributed by atoms with Gasteiger partial charge in [0.25, 0.3) is 0 Å². The molecule has 0 heterocycles. The van der Waals surface area contributed by atoms with Crippen LogP contribution < -0.4 is 10.5 Å². The highest BCUT2D eigenvalue weighted by Gasteiger charge is 2.45. The molecule has 1 aliphatic carbocycles. The molecule has 0 unspecified atom stereocenters. The first-order chi connectivity index (χ1) is 7.93. The van der Waals surface area contributed by atoms with Crippen LogP contribution in [-0.4, -0.2) is 28.3 Å². The third-order valence-electron chi connectivity index (χ3n) is 3.41. The molecule has 1 fully saturated rings. The van der Waals surface area contributed by atoms with Gasteiger partial charge in [0, 0.05) is 23.8 Å². The summed E-state index contributed by atoms with van der Waals surface area (Å²) in [4.78, 5) is 0.327. The fraction of sp³-hybridized carbons (Fsp3) is 0.500. The van der Waals surface area contributed by atoms with Crippen LogP contribution in [0.1, 0.15) is 18.4 Å². The van der Waals surface area contributed by atoms with Crippen LogP contribution in [0.3, 0.4) is 0 Å². The normalized spacial score (nSPS) is 17.8. The van der Waals surface area contributed by atoms with Crippen molar-refractivity contribution < 1.29 is 13.2 Å². The predicted molar refractivity (Wildman–Crippen MR) is 66.1 cm³/mol. The summed E-state index contributed by atoms with van der Waals surface area (Å²) < 4.78 is 28.4. The van der Waals surface area contributed by atoms with Crippen molar-refractivity contribution >= 4 is 9.84 Å². The Bertz CT molecular complexity index is 533. The van der Waals surface area contributed by atoms with E-state index in [2.05, 4.69) is 0 Å². The van der Waals surface area contributed by atoms with E-state index in [1.165, 1.54) is 6.26 Å². The van der Waals surface area contributed by atoms with E-state index in [0.717, 1.165) is 24.2 Å². The van der Waals surface area contributed by atoms with Crippen molar-refractivity contribution in [2.45, 2.75) is 23.2 Å². The summed E-state index contributed by atoms with van der Waals surface area (Å²) in [6, 6.07) is 4.99. The lowest BCUT2D eigenvalue weighted by Crippen LogP contribution is -2.21. The van der Waals surface area contributed by atoms with Crippen LogP contribution in [0.25, 0.3) is 0 Å². The molecule has 0 amide bonds. The predicted octanol–water partition coefficient (Wildman–Crippen LogP) is 1.09. The molecule has 5 heteroatoms. The lowest BCUT2D eigenvalue weighted by atomic mass is 9.95. The van der Waals surface area contributed by atoms with Crippen molar-refractivity contribution in [3.63, 3.8) is 0 Å². The highest BCUT2D eigenvalue weighted by molar-refractivity contribution is 7.90. The van der Waals surface area contributed by atoms with Crippen molar-refractivity contribution in [1.82, 2.24) is 0 Å². The molecule has 0 spiro atoms. The third kappa shape index (κ3) is 2.17. The van der Waals surface area contributed by atoms with Gasteiger partial charge < -0.3 is 10.5 Å². The Labute approximate surface area is 102 Å². The molecule has 0 bridgehead atoms. The number of sulfone groups is 1. The molecular formula is C12H17NO3S. The number of rotatable bonds is 4. The van der Waals surface area contributed by atoms with E-state index in [1.54, 1.807) is 25.3 Å². The Kier molecular flexibility index (Phi) is 2.91. The van der Waals surface area contributed by atoms with Gasteiger partial charge in [-0.2, -0.15) is 0 Å². The van der Waals surface area contributed by atoms with Crippen molar-refractivity contribution in [2.75, 3.05) is 19.9 Å². The van der Waals surface area contributed by atoms with E-state index in [-0.39, 0.29) is 5.41 Å². The number of hydrogen-bond donors (Lipinski definition) is 1. The fourth-order valence-corrected chi connectivity index (χ4v) is 2.71. The van der Waals surface area contributed by atoms with Gasteiger partial charge >= 0.3 is 0 Å². The Hall–Kier alpha value is -1.07. The average Bonchev–Trinajstić information content (AvgIpc) is 3.08. The minimum atomic E-state index is -3.19. The summed E-state index contributed by atoms with van der Waals surface area (Å²) in [5, 5.41) is 0. The smallest absolute Gasteiger partial charge is 0.175 e. The van der Waals surface area contributed by atoms with E-state index in [0.29, 0.717) is 11.4 Å². The molecule has 2 N–H and O–H groups in total. The maximum atomic E-state index is 11.5. The SMILES string of the molecule is COc1ccc(S(C)(=O)=O)cc1C1(CN)CC1. The second-order valence-corrected chi connectivity index (χ2v) is 6.63. The van der Waals surface area contributed by atoms with Crippen LogP contribution in [-0.2, 0) is 15.3 Å². The van der Waals surface area contributed by atoms with Crippen molar-refractivity contribution in [3.05, 3.63) is 23.8 Å². The lowest BCUT2D eigenvalue weighted by Gasteiger charge is -2.17. The highest BCUT2D eigenvalue weighted by atomic mass is 32.2. The summed E-state index contributed by atoms with van der Waals surface area (Å²) in [5.74, 6) is 0.723. The summed E-state index contributed by atoms with van der Waals surface area (Å²) in [7, 11) is -1.60. The Morgan fingerprint density at radius 2 is 2.06 bits per heavy atom. The molecule has 0 atom stereocenters. The third-order valence-corrected chi connectivity index (χ3v) is 4.52. The average molecular weight is 255 g/mol. The molecule has 1 aromatic carbocycles. The Balaban J connectivity index is 2.56. The number of ether oxygens (including phenoxy) is 1. The van der Waals surface area contributed by atoms with Gasteiger partial charge in [-0.15, -0.1) is 0 Å². The second-order valence-electron chi connectivity index (χ2n) is 4.62. The van der Waals surface area contributed by atoms with Crippen LogP contribution in [0, 0.1) is 0 Å². The van der Waals surface area contributed by atoms with Gasteiger partial charge in [-0.25, -0.2) is 8.42 Å². The zero-order valence-corrected chi connectivity index (χ0v) is 10.9. The summed E-state index contributed by atoms with van der Waals surface area (Å²) in [6.07, 6.45) is 3.20. The van der Waals surface area contributed by atoms with Crippen molar-refractivity contribution in [3.8, 4) is 5.75 Å². The van der Waals surface area contributed by atoms with Crippen LogP contribution in [0.5, 0.6) is 5.75 Å². The van der Waals surface area contributed by atoms with Crippen LogP contribution in [0.15, 0.2) is 23.1 Å². The molecule has 1 saturated carbocycles. The van der Waals surface area contributed by atoms with Gasteiger partial charge in [-0.1, -0.05) is 0 Å². The van der Waals surface area contributed by atoms with Crippen LogP contribution in [0.2, 0.25) is 0 Å². The quantitative estimate of drug-likeness (QED) is 0.874. The van der Waals surface area contributed by atoms with Crippen LogP contribution >= 0.6 is 0 Å². The van der Waals surface area contributed by atoms with Gasteiger partial charge in [0.1, 0.15) is 5.75 Å². The molecule has 94 valence electrons. The molecule has 0 saturated heterocycles. The largest absolute Gasteiger partial charge is 0.496 e. The zero-order chi connectivity index (χ0) is 12.7. The minimum absolute atomic E-state index is 0.0773. The Morgan fingerprint density at radius 3 is 2.47 bits per heavy atom. The zero-order valence-electron chi connectivity index (χ0n) is 10.1. The van der Waals surface area contributed by atoms with E-state index < -0.39 is 9.84 Å². The molecule has 0 aliphatic heterocycles. The van der Waals surface area contributed by atoms with Crippen molar-refractivity contribution in [2.24, 2.45) is 5.73 Å². The molecule has 0 aromatic heterocycles. The van der Waals surface area contributed by atoms with Gasteiger partial charge in [0.2, 0.25) is 0 Å². The first kappa shape index (κ1) is 12.4. The molecular weight excluding hydrogens is 238 g/mol. The maximum Gasteiger partial charge on any atom is 0.175 e. The summed E-state index contributed by atoms with van der Waals surface area (Å²) in [6.45, 7) is 0.524. The monoisotopic (exact) mass is 255 g/mol. The molecule has 17 heavy (non-hydrogen) atoms. The molecule has 0 radical (unpaired) electrons. The van der Waals surface area contributed by atoms with E-state index in [9.17, 15) is 8.42 Å². The molecule has 4 nitrogen and oxygen atoms in total. The number of nitrogens with two attached hydrogens (primary N) is 1. The van der Waals surface area contributed by atoms with E-state index >= 15 is 0 Å². The van der Waals surface area contributed by atoms with Gasteiger partial charge in [-0.05, 0) is 31.0 Å². The standard InChI is InChI=1S/C12H17NO3S/c1-16-11-4-3-9(17(2,14)15)7-10(11)12(8-13)5-6-12/h3-4,7H,5-6,8,13H2,1-2H3. The van der Waals surface area contributed by atoms with Crippen LogP contribution in [0.4, 0.5) is 0 Å². The van der Waals surface area contributed by atoms with Gasteiger partial charge in [-0.3, -0.25) is 0 Å². The minimum Gasteiger partial charge on any atom is -0.496 e. The van der Waals surface area contributed by atoms with Gasteiger partial charge in [0.15, 0.2) is 9.84 Å². The molecule has 1 aromatic rings. The molecule has 1 aliphatic rings. The van der Waals surface area contributed by atoms with E-state index in [4.69, 9.17) is 10.5 Å². The first-order valence-corrected chi connectivity index (χ1v) is 7.41. The number of hydrogen-bond acceptors (Lipinski definition) is 4. The topological polar surface area (TPSA) is 69.4 Å². The van der Waals surface area contributed by atoms with Crippen molar-refractivity contribution in [1.29, 1.82) is 0 Å². The summed E-state index contributed by atoms with van der Waals surface area (Å²) in [5.41, 5.74) is 6.62. The lowest BCUT2D eigenvalue weighted by molar-refractivity contribution is 0.403. The number of methoxy groups -OCH3 is 1.